The van der Waals surface area contributed by atoms with E-state index in [0.29, 0.717) is 6.54 Å². The van der Waals surface area contributed by atoms with E-state index in [2.05, 4.69) is 11.0 Å². The fourth-order valence-electron chi connectivity index (χ4n) is 4.29. The second-order valence-electron chi connectivity index (χ2n) is 7.85. The molecule has 1 amide bonds. The number of pyridine rings is 1. The highest BCUT2D eigenvalue weighted by molar-refractivity contribution is 5.92. The van der Waals surface area contributed by atoms with Crippen LogP contribution in [-0.2, 0) is 11.8 Å². The molecule has 152 valence electrons. The van der Waals surface area contributed by atoms with E-state index in [4.69, 9.17) is 14.8 Å². The van der Waals surface area contributed by atoms with E-state index in [1.807, 2.05) is 51.6 Å². The first kappa shape index (κ1) is 18.2. The van der Waals surface area contributed by atoms with Crippen molar-refractivity contribution >= 4 is 17.2 Å². The summed E-state index contributed by atoms with van der Waals surface area (Å²) in [6.45, 7) is 4.76. The summed E-state index contributed by atoms with van der Waals surface area (Å²) >= 11 is 0. The minimum absolute atomic E-state index is 0.0839. The highest BCUT2D eigenvalue weighted by atomic mass is 16.5. The second kappa shape index (κ2) is 7.51. The standard InChI is InChI=1S/C21H26N6O2/c1-24-8-3-5-18(24)21(28)26-9-2-4-16(14-26)20-22-19-7-6-17(15-27(19)23-20)25-10-12-29-13-11-25/h3,5-8,15-16H,2,4,9-14H2,1H3. The Labute approximate surface area is 169 Å². The number of nitrogens with zero attached hydrogens (tertiary/aromatic N) is 6. The Balaban J connectivity index is 1.35. The molecular formula is C21H26N6O2. The zero-order valence-electron chi connectivity index (χ0n) is 16.7. The summed E-state index contributed by atoms with van der Waals surface area (Å²) in [5, 5.41) is 4.77. The number of hydrogen-bond donors (Lipinski definition) is 0. The minimum Gasteiger partial charge on any atom is -0.378 e. The molecule has 0 aromatic carbocycles. The van der Waals surface area contributed by atoms with Gasteiger partial charge < -0.3 is 19.1 Å². The number of rotatable bonds is 3. The molecule has 3 aromatic heterocycles. The summed E-state index contributed by atoms with van der Waals surface area (Å²) in [5.74, 6) is 1.08. The van der Waals surface area contributed by atoms with Gasteiger partial charge in [-0.3, -0.25) is 4.79 Å². The number of aryl methyl sites for hydroxylation is 1. The first-order valence-corrected chi connectivity index (χ1v) is 10.3. The van der Waals surface area contributed by atoms with Crippen molar-refractivity contribution in [2.45, 2.75) is 18.8 Å². The van der Waals surface area contributed by atoms with Crippen molar-refractivity contribution in [2.24, 2.45) is 7.05 Å². The fourth-order valence-corrected chi connectivity index (χ4v) is 4.29. The van der Waals surface area contributed by atoms with Crippen LogP contribution in [0.3, 0.4) is 0 Å². The Morgan fingerprint density at radius 3 is 2.83 bits per heavy atom. The molecule has 29 heavy (non-hydrogen) atoms. The fraction of sp³-hybridized carbons (Fsp3) is 0.476. The second-order valence-corrected chi connectivity index (χ2v) is 7.85. The number of fused-ring (bicyclic) bond motifs is 1. The summed E-state index contributed by atoms with van der Waals surface area (Å²) in [7, 11) is 1.91. The van der Waals surface area contributed by atoms with Gasteiger partial charge in [-0.2, -0.15) is 5.10 Å². The van der Waals surface area contributed by atoms with E-state index in [9.17, 15) is 4.79 Å². The lowest BCUT2D eigenvalue weighted by Crippen LogP contribution is -2.40. The number of piperidine rings is 1. The molecule has 2 aliphatic heterocycles. The zero-order valence-corrected chi connectivity index (χ0v) is 16.7. The Morgan fingerprint density at radius 1 is 1.17 bits per heavy atom. The Kier molecular flexibility index (Phi) is 4.71. The van der Waals surface area contributed by atoms with Gasteiger partial charge in [0.25, 0.3) is 5.91 Å². The number of carbonyl (C=O) groups is 1. The lowest BCUT2D eigenvalue weighted by atomic mass is 9.97. The van der Waals surface area contributed by atoms with Crippen LogP contribution in [0, 0.1) is 0 Å². The van der Waals surface area contributed by atoms with Gasteiger partial charge in [-0.15, -0.1) is 0 Å². The normalized spacial score (nSPS) is 20.4. The van der Waals surface area contributed by atoms with Crippen molar-refractivity contribution in [3.05, 3.63) is 48.2 Å². The number of hydrogen-bond acceptors (Lipinski definition) is 5. The summed E-state index contributed by atoms with van der Waals surface area (Å²) in [4.78, 5) is 21.9. The van der Waals surface area contributed by atoms with Crippen molar-refractivity contribution in [1.29, 1.82) is 0 Å². The molecule has 2 saturated heterocycles. The monoisotopic (exact) mass is 394 g/mol. The predicted octanol–water partition coefficient (Wildman–Crippen LogP) is 1.92. The minimum atomic E-state index is 0.0839. The maximum atomic E-state index is 12.9. The van der Waals surface area contributed by atoms with Crippen LogP contribution in [0.1, 0.15) is 35.1 Å². The van der Waals surface area contributed by atoms with Crippen LogP contribution in [0.15, 0.2) is 36.7 Å². The predicted molar refractivity (Wildman–Crippen MR) is 109 cm³/mol. The molecule has 0 spiro atoms. The molecule has 0 N–H and O–H groups in total. The van der Waals surface area contributed by atoms with Crippen molar-refractivity contribution in [3.8, 4) is 0 Å². The molecule has 8 heteroatoms. The van der Waals surface area contributed by atoms with E-state index >= 15 is 0 Å². The SMILES string of the molecule is Cn1cccc1C(=O)N1CCCC(c2nc3ccc(N4CCOCC4)cn3n2)C1. The maximum absolute atomic E-state index is 12.9. The van der Waals surface area contributed by atoms with E-state index in [-0.39, 0.29) is 11.8 Å². The lowest BCUT2D eigenvalue weighted by Gasteiger charge is -2.31. The number of carbonyl (C=O) groups excluding carboxylic acids is 1. The molecule has 0 aliphatic carbocycles. The molecule has 0 saturated carbocycles. The van der Waals surface area contributed by atoms with E-state index in [1.54, 1.807) is 0 Å². The topological polar surface area (TPSA) is 67.9 Å². The van der Waals surface area contributed by atoms with Crippen LogP contribution in [0.25, 0.3) is 5.65 Å². The van der Waals surface area contributed by atoms with Crippen LogP contribution in [0.4, 0.5) is 5.69 Å². The molecule has 0 radical (unpaired) electrons. The molecule has 2 aliphatic rings. The number of amides is 1. The maximum Gasteiger partial charge on any atom is 0.270 e. The molecule has 1 atom stereocenters. The van der Waals surface area contributed by atoms with Crippen molar-refractivity contribution in [3.63, 3.8) is 0 Å². The number of anilines is 1. The van der Waals surface area contributed by atoms with Crippen molar-refractivity contribution in [2.75, 3.05) is 44.3 Å². The van der Waals surface area contributed by atoms with Crippen LogP contribution in [0.5, 0.6) is 0 Å². The van der Waals surface area contributed by atoms with Crippen molar-refractivity contribution in [1.82, 2.24) is 24.1 Å². The summed E-state index contributed by atoms with van der Waals surface area (Å²) in [5.41, 5.74) is 2.72. The van der Waals surface area contributed by atoms with Crippen LogP contribution in [0.2, 0.25) is 0 Å². The van der Waals surface area contributed by atoms with Gasteiger partial charge in [0, 0.05) is 45.3 Å². The largest absolute Gasteiger partial charge is 0.378 e. The molecule has 2 fully saturated rings. The van der Waals surface area contributed by atoms with Crippen LogP contribution >= 0.6 is 0 Å². The van der Waals surface area contributed by atoms with E-state index in [0.717, 1.165) is 68.5 Å². The molecule has 5 rings (SSSR count). The Hall–Kier alpha value is -2.87. The quantitative estimate of drug-likeness (QED) is 0.679. The average Bonchev–Trinajstić information content (AvgIpc) is 3.39. The van der Waals surface area contributed by atoms with Gasteiger partial charge in [0.1, 0.15) is 5.69 Å². The first-order valence-electron chi connectivity index (χ1n) is 10.3. The third-order valence-electron chi connectivity index (χ3n) is 5.94. The molecule has 0 bridgehead atoms. The van der Waals surface area contributed by atoms with Gasteiger partial charge in [0.15, 0.2) is 11.5 Å². The summed E-state index contributed by atoms with van der Waals surface area (Å²) in [6.07, 6.45) is 5.93. The average molecular weight is 394 g/mol. The summed E-state index contributed by atoms with van der Waals surface area (Å²) < 4.78 is 9.20. The number of aromatic nitrogens is 4. The number of likely N-dealkylation sites (tertiary alicyclic amines) is 1. The molecular weight excluding hydrogens is 368 g/mol. The smallest absolute Gasteiger partial charge is 0.270 e. The molecule has 1 unspecified atom stereocenters. The van der Waals surface area contributed by atoms with Gasteiger partial charge in [-0.1, -0.05) is 0 Å². The van der Waals surface area contributed by atoms with Gasteiger partial charge in [-0.05, 0) is 37.1 Å². The Bertz CT molecular complexity index is 1020. The highest BCUT2D eigenvalue weighted by Crippen LogP contribution is 2.27. The number of ether oxygens (including phenoxy) is 1. The van der Waals surface area contributed by atoms with Gasteiger partial charge in [0.2, 0.25) is 0 Å². The van der Waals surface area contributed by atoms with Gasteiger partial charge >= 0.3 is 0 Å². The molecule has 3 aromatic rings. The molecule has 5 heterocycles. The lowest BCUT2D eigenvalue weighted by molar-refractivity contribution is 0.0695. The van der Waals surface area contributed by atoms with Crippen LogP contribution in [-0.4, -0.2) is 69.4 Å². The van der Waals surface area contributed by atoms with Gasteiger partial charge in [-0.25, -0.2) is 9.50 Å². The van der Waals surface area contributed by atoms with Crippen LogP contribution < -0.4 is 4.90 Å². The van der Waals surface area contributed by atoms with E-state index < -0.39 is 0 Å². The summed E-state index contributed by atoms with van der Waals surface area (Å²) in [6, 6.07) is 7.91. The van der Waals surface area contributed by atoms with E-state index in [1.165, 1.54) is 0 Å². The molecule has 8 nitrogen and oxygen atoms in total. The first-order chi connectivity index (χ1) is 14.2. The highest BCUT2D eigenvalue weighted by Gasteiger charge is 2.29. The van der Waals surface area contributed by atoms with Crippen molar-refractivity contribution < 1.29 is 9.53 Å². The third-order valence-corrected chi connectivity index (χ3v) is 5.94. The van der Waals surface area contributed by atoms with Gasteiger partial charge in [0.05, 0.1) is 25.1 Å². The Morgan fingerprint density at radius 2 is 2.03 bits per heavy atom. The number of morpholine rings is 1. The third kappa shape index (κ3) is 3.48. The zero-order chi connectivity index (χ0) is 19.8.